The smallest absolute Gasteiger partial charge is 0.411 e. The zero-order chi connectivity index (χ0) is 45.7. The quantitative estimate of drug-likeness (QED) is 0.0525. The van der Waals surface area contributed by atoms with Crippen LogP contribution in [0.5, 0.6) is 5.75 Å². The highest BCUT2D eigenvalue weighted by molar-refractivity contribution is 5.93. The van der Waals surface area contributed by atoms with Gasteiger partial charge in [-0.05, 0) is 90.8 Å². The second-order valence-electron chi connectivity index (χ2n) is 16.8. The molecule has 0 saturated carbocycles. The molecule has 2 heterocycles. The predicted molar refractivity (Wildman–Crippen MR) is 255 cm³/mol. The highest BCUT2D eigenvalue weighted by Gasteiger charge is 2.24. The maximum Gasteiger partial charge on any atom is 0.411 e. The van der Waals surface area contributed by atoms with Crippen molar-refractivity contribution in [1.29, 1.82) is 0 Å². The van der Waals surface area contributed by atoms with Crippen LogP contribution in [0.2, 0.25) is 0 Å². The maximum absolute atomic E-state index is 13.2. The van der Waals surface area contributed by atoms with Crippen LogP contribution in [0.25, 0.3) is 22.0 Å². The molecule has 1 unspecified atom stereocenters. The number of nitrogens with zero attached hydrogens (tertiary/aromatic N) is 2. The Kier molecular flexibility index (Phi) is 15.8. The number of likely N-dealkylation sites (tertiary alicyclic amines) is 1. The van der Waals surface area contributed by atoms with Crippen molar-refractivity contribution in [2.45, 2.75) is 63.7 Å². The third-order valence-corrected chi connectivity index (χ3v) is 12.0. The van der Waals surface area contributed by atoms with E-state index in [1.54, 1.807) is 24.1 Å². The summed E-state index contributed by atoms with van der Waals surface area (Å²) in [6.45, 7) is 4.92. The number of aromatic amines is 1. The molecule has 3 amide bonds. The van der Waals surface area contributed by atoms with Gasteiger partial charge in [0.15, 0.2) is 0 Å². The zero-order valence-electron chi connectivity index (χ0n) is 37.0. The van der Waals surface area contributed by atoms with Crippen molar-refractivity contribution in [3.05, 3.63) is 160 Å². The molecule has 65 heavy (non-hydrogen) atoms. The van der Waals surface area contributed by atoms with Crippen LogP contribution < -0.4 is 26.4 Å². The molecule has 338 valence electrons. The monoisotopic (exact) mass is 878 g/mol. The molecular formula is C52H58N6O7. The van der Waals surface area contributed by atoms with Crippen LogP contribution >= 0.6 is 0 Å². The number of carbonyl (C=O) groups is 3. The van der Waals surface area contributed by atoms with Gasteiger partial charge in [0.2, 0.25) is 17.4 Å². The molecule has 0 spiro atoms. The lowest BCUT2D eigenvalue weighted by molar-refractivity contribution is -0.120. The van der Waals surface area contributed by atoms with Crippen LogP contribution in [0, 0.1) is 0 Å². The molecule has 13 nitrogen and oxygen atoms in total. The summed E-state index contributed by atoms with van der Waals surface area (Å²) in [5.74, 6) is -0.125. The SMILES string of the molecule is CC(Cc1cccc(CCNC(=O)Cc2ccc(N(C)C(=O)CCN3CCC(OC(=O)Nc4ccccc4-c4ccccc4)CC3)cc2)c1)NC[C@H](O)c1ccc(O)c2[nH]c(=O)ccc12. The van der Waals surface area contributed by atoms with E-state index in [2.05, 4.69) is 44.9 Å². The number of aliphatic hydroxyl groups is 1. The summed E-state index contributed by atoms with van der Waals surface area (Å²) >= 11 is 0. The van der Waals surface area contributed by atoms with Crippen molar-refractivity contribution in [1.82, 2.24) is 20.5 Å². The Labute approximate surface area is 379 Å². The van der Waals surface area contributed by atoms with Gasteiger partial charge in [-0.3, -0.25) is 19.7 Å². The molecule has 1 aliphatic heterocycles. The van der Waals surface area contributed by atoms with Crippen molar-refractivity contribution in [3.8, 4) is 16.9 Å². The first kappa shape index (κ1) is 46.2. The van der Waals surface area contributed by atoms with Crippen LogP contribution in [-0.2, 0) is 33.6 Å². The number of aromatic nitrogens is 1. The number of fused-ring (bicyclic) bond motifs is 1. The number of para-hydroxylation sites is 1. The molecule has 1 aliphatic rings. The summed E-state index contributed by atoms with van der Waals surface area (Å²) in [7, 11) is 1.77. The number of phenolic OH excluding ortho intramolecular Hbond substituents is 1. The standard InChI is InChI=1S/C52H58N6O7/c1-35(54-34-47(60)43-19-21-46(59)51-44(43)20-22-48(61)56-51)31-38-10-8-9-36(32-38)23-27-53-49(62)33-37-15-17-40(18-16-37)57(2)50(63)26-30-58-28-24-41(25-29-58)65-52(64)55-45-14-7-6-13-42(45)39-11-4-3-5-12-39/h3-22,32,35,41,47,54,59-60H,23-31,33-34H2,1-2H3,(H,53,62)(H,55,64)(H,56,61)/t35?,47-/m0/s1. The van der Waals surface area contributed by atoms with Gasteiger partial charge >= 0.3 is 6.09 Å². The summed E-state index contributed by atoms with van der Waals surface area (Å²) in [5, 5.41) is 31.1. The Hall–Kier alpha value is -6.80. The van der Waals surface area contributed by atoms with E-state index in [4.69, 9.17) is 4.74 Å². The number of nitrogens with one attached hydrogen (secondary N) is 4. The number of hydrogen-bond donors (Lipinski definition) is 6. The fourth-order valence-corrected chi connectivity index (χ4v) is 8.31. The minimum absolute atomic E-state index is 0.00116. The van der Waals surface area contributed by atoms with Crippen LogP contribution in [0.15, 0.2) is 132 Å². The second kappa shape index (κ2) is 22.2. The number of anilines is 2. The molecule has 13 heteroatoms. The van der Waals surface area contributed by atoms with Gasteiger partial charge < -0.3 is 40.4 Å². The van der Waals surface area contributed by atoms with Gasteiger partial charge in [0.05, 0.1) is 23.7 Å². The van der Waals surface area contributed by atoms with E-state index in [0.29, 0.717) is 67.5 Å². The molecule has 0 radical (unpaired) electrons. The highest BCUT2D eigenvalue weighted by Crippen LogP contribution is 2.30. The molecule has 0 bridgehead atoms. The van der Waals surface area contributed by atoms with E-state index in [1.807, 2.05) is 91.0 Å². The number of aromatic hydroxyl groups is 1. The Morgan fingerprint density at radius 2 is 1.60 bits per heavy atom. The van der Waals surface area contributed by atoms with Gasteiger partial charge in [-0.25, -0.2) is 4.79 Å². The fraction of sp³-hybridized carbons (Fsp3) is 0.308. The van der Waals surface area contributed by atoms with E-state index in [1.165, 1.54) is 12.1 Å². The second-order valence-corrected chi connectivity index (χ2v) is 16.8. The van der Waals surface area contributed by atoms with Gasteiger partial charge in [-0.1, -0.05) is 91.0 Å². The molecule has 6 N–H and O–H groups in total. The third kappa shape index (κ3) is 12.9. The molecular weight excluding hydrogens is 821 g/mol. The maximum atomic E-state index is 13.2. The van der Waals surface area contributed by atoms with E-state index in [0.717, 1.165) is 53.0 Å². The number of aliphatic hydroxyl groups excluding tert-OH is 1. The average Bonchev–Trinajstić information content (AvgIpc) is 3.31. The third-order valence-electron chi connectivity index (χ3n) is 12.0. The minimum Gasteiger partial charge on any atom is -0.506 e. The zero-order valence-corrected chi connectivity index (χ0v) is 37.0. The lowest BCUT2D eigenvalue weighted by Gasteiger charge is -2.31. The number of ether oxygens (including phenoxy) is 1. The van der Waals surface area contributed by atoms with Crippen LogP contribution in [0.4, 0.5) is 16.2 Å². The number of H-pyrrole nitrogens is 1. The molecule has 1 aromatic heterocycles. The van der Waals surface area contributed by atoms with Crippen LogP contribution in [0.3, 0.4) is 0 Å². The Bertz CT molecular complexity index is 2610. The van der Waals surface area contributed by atoms with E-state index in [9.17, 15) is 29.4 Å². The largest absolute Gasteiger partial charge is 0.506 e. The summed E-state index contributed by atoms with van der Waals surface area (Å²) in [6, 6.07) is 39.5. The van der Waals surface area contributed by atoms with Gasteiger partial charge in [-0.2, -0.15) is 0 Å². The van der Waals surface area contributed by atoms with E-state index >= 15 is 0 Å². The van der Waals surface area contributed by atoms with Crippen LogP contribution in [0.1, 0.15) is 54.5 Å². The molecule has 6 aromatic rings. The highest BCUT2D eigenvalue weighted by atomic mass is 16.6. The number of benzene rings is 5. The molecule has 0 aliphatic carbocycles. The predicted octanol–water partition coefficient (Wildman–Crippen LogP) is 7.12. The minimum atomic E-state index is -0.844. The number of rotatable bonds is 18. The average molecular weight is 879 g/mol. The summed E-state index contributed by atoms with van der Waals surface area (Å²) in [6.07, 6.45) is 1.89. The first-order valence-electron chi connectivity index (χ1n) is 22.3. The summed E-state index contributed by atoms with van der Waals surface area (Å²) < 4.78 is 5.78. The number of phenols is 1. The van der Waals surface area contributed by atoms with Gasteiger partial charge in [0.1, 0.15) is 11.9 Å². The van der Waals surface area contributed by atoms with Crippen molar-refractivity contribution in [3.63, 3.8) is 0 Å². The Balaban J connectivity index is 0.775. The van der Waals surface area contributed by atoms with E-state index in [-0.39, 0.29) is 41.7 Å². The Morgan fingerprint density at radius 3 is 2.38 bits per heavy atom. The topological polar surface area (TPSA) is 176 Å². The van der Waals surface area contributed by atoms with Crippen molar-refractivity contribution >= 4 is 40.2 Å². The lowest BCUT2D eigenvalue weighted by atomic mass is 10.0. The molecule has 5 aromatic carbocycles. The van der Waals surface area contributed by atoms with Gasteiger partial charge in [0.25, 0.3) is 0 Å². The van der Waals surface area contributed by atoms with Gasteiger partial charge in [0, 0.05) is 74.9 Å². The number of pyridine rings is 1. The van der Waals surface area contributed by atoms with Crippen molar-refractivity contribution in [2.24, 2.45) is 0 Å². The first-order valence-corrected chi connectivity index (χ1v) is 22.3. The molecule has 7 rings (SSSR count). The lowest BCUT2D eigenvalue weighted by Crippen LogP contribution is -2.40. The number of piperidine rings is 1. The number of amides is 3. The van der Waals surface area contributed by atoms with Crippen molar-refractivity contribution in [2.75, 3.05) is 50.0 Å². The van der Waals surface area contributed by atoms with Crippen molar-refractivity contribution < 1.29 is 29.3 Å². The normalized spacial score (nSPS) is 14.1. The molecule has 1 saturated heterocycles. The summed E-state index contributed by atoms with van der Waals surface area (Å²) in [4.78, 5) is 57.1. The van der Waals surface area contributed by atoms with Gasteiger partial charge in [-0.15, -0.1) is 0 Å². The Morgan fingerprint density at radius 1 is 0.862 bits per heavy atom. The molecule has 2 atom stereocenters. The number of hydrogen-bond acceptors (Lipinski definition) is 9. The first-order chi connectivity index (χ1) is 31.5. The summed E-state index contributed by atoms with van der Waals surface area (Å²) in [5.41, 5.74) is 7.10. The van der Waals surface area contributed by atoms with Crippen LogP contribution in [-0.4, -0.2) is 89.9 Å². The fourth-order valence-electron chi connectivity index (χ4n) is 8.31. The van der Waals surface area contributed by atoms with E-state index < -0.39 is 12.2 Å². The molecule has 1 fully saturated rings. The number of carbonyl (C=O) groups excluding carboxylic acids is 3.